The number of hydrogen-bond donors (Lipinski definition) is 1. The van der Waals surface area contributed by atoms with Crippen LogP contribution in [0.1, 0.15) is 50.7 Å². The Morgan fingerprint density at radius 3 is 1.97 bits per heavy atom. The highest BCUT2D eigenvalue weighted by Gasteiger charge is 2.29. The number of aryl methyl sites for hydroxylation is 1. The molecule has 1 aromatic heterocycles. The van der Waals surface area contributed by atoms with Crippen LogP contribution in [0.3, 0.4) is 0 Å². The van der Waals surface area contributed by atoms with Crippen molar-refractivity contribution >= 4 is 51.1 Å². The fraction of sp³-hybridized carbons (Fsp3) is 0.185. The maximum atomic E-state index is 13.1. The van der Waals surface area contributed by atoms with Gasteiger partial charge in [0.25, 0.3) is 5.91 Å². The summed E-state index contributed by atoms with van der Waals surface area (Å²) < 4.78 is 15.8. The molecule has 0 spiro atoms. The number of esters is 2. The van der Waals surface area contributed by atoms with Crippen molar-refractivity contribution in [2.75, 3.05) is 18.5 Å². The van der Waals surface area contributed by atoms with Gasteiger partial charge < -0.3 is 13.9 Å². The van der Waals surface area contributed by atoms with Crippen LogP contribution in [0.4, 0.5) is 5.88 Å². The van der Waals surface area contributed by atoms with E-state index in [1.165, 1.54) is 13.8 Å². The van der Waals surface area contributed by atoms with Crippen LogP contribution < -0.4 is 5.32 Å². The molecule has 8 heteroatoms. The van der Waals surface area contributed by atoms with Gasteiger partial charge in [-0.05, 0) is 48.4 Å². The minimum absolute atomic E-state index is 0.0259. The lowest BCUT2D eigenvalue weighted by Gasteiger charge is -2.11. The van der Waals surface area contributed by atoms with Crippen molar-refractivity contribution in [1.29, 1.82) is 0 Å². The van der Waals surface area contributed by atoms with Crippen LogP contribution in [-0.4, -0.2) is 36.8 Å². The SMILES string of the molecule is CCOC(=O)c1c(NC(=O)COC(=O)c2c3ccccc3cc3ccccc23)oc(C)c1C(C)=O. The fourth-order valence-corrected chi connectivity index (χ4v) is 4.05. The summed E-state index contributed by atoms with van der Waals surface area (Å²) in [4.78, 5) is 50.2. The first-order chi connectivity index (χ1) is 16.8. The van der Waals surface area contributed by atoms with E-state index in [4.69, 9.17) is 13.9 Å². The molecule has 1 heterocycles. The van der Waals surface area contributed by atoms with E-state index in [1.54, 1.807) is 6.92 Å². The van der Waals surface area contributed by atoms with Crippen LogP contribution in [0.15, 0.2) is 59.0 Å². The molecule has 0 unspecified atom stereocenters. The lowest BCUT2D eigenvalue weighted by molar-refractivity contribution is -0.119. The number of Topliss-reactive ketones (excluding diaryl/α,β-unsaturated/α-hetero) is 1. The number of fused-ring (bicyclic) bond motifs is 2. The van der Waals surface area contributed by atoms with Gasteiger partial charge >= 0.3 is 11.9 Å². The first-order valence-electron chi connectivity index (χ1n) is 11.0. The topological polar surface area (TPSA) is 112 Å². The molecule has 3 aromatic carbocycles. The molecule has 1 amide bonds. The zero-order valence-electron chi connectivity index (χ0n) is 19.5. The van der Waals surface area contributed by atoms with E-state index < -0.39 is 30.2 Å². The number of benzene rings is 3. The quantitative estimate of drug-likeness (QED) is 0.227. The zero-order chi connectivity index (χ0) is 25.1. The molecule has 0 fully saturated rings. The van der Waals surface area contributed by atoms with Crippen LogP contribution in [-0.2, 0) is 14.3 Å². The Hall–Kier alpha value is -4.46. The van der Waals surface area contributed by atoms with Gasteiger partial charge in [-0.2, -0.15) is 0 Å². The van der Waals surface area contributed by atoms with E-state index >= 15 is 0 Å². The van der Waals surface area contributed by atoms with E-state index in [1.807, 2.05) is 54.6 Å². The van der Waals surface area contributed by atoms with Gasteiger partial charge in [0, 0.05) is 0 Å². The molecule has 4 rings (SSSR count). The second kappa shape index (κ2) is 9.80. The zero-order valence-corrected chi connectivity index (χ0v) is 19.5. The molecule has 0 atom stereocenters. The lowest BCUT2D eigenvalue weighted by atomic mass is 9.97. The molecule has 0 aliphatic carbocycles. The third kappa shape index (κ3) is 4.63. The Morgan fingerprint density at radius 1 is 0.829 bits per heavy atom. The summed E-state index contributed by atoms with van der Waals surface area (Å²) >= 11 is 0. The summed E-state index contributed by atoms with van der Waals surface area (Å²) in [6.07, 6.45) is 0. The summed E-state index contributed by atoms with van der Waals surface area (Å²) in [5.41, 5.74) is 0.209. The highest BCUT2D eigenvalue weighted by molar-refractivity contribution is 6.17. The molecule has 0 bridgehead atoms. The van der Waals surface area contributed by atoms with Gasteiger partial charge in [-0.1, -0.05) is 48.5 Å². The van der Waals surface area contributed by atoms with Gasteiger partial charge in [0.05, 0.1) is 17.7 Å². The predicted molar refractivity (Wildman–Crippen MR) is 130 cm³/mol. The second-order valence-corrected chi connectivity index (χ2v) is 7.83. The molecular formula is C27H23NO7. The smallest absolute Gasteiger partial charge is 0.344 e. The van der Waals surface area contributed by atoms with Gasteiger partial charge in [-0.3, -0.25) is 14.9 Å². The van der Waals surface area contributed by atoms with Gasteiger partial charge in [0.15, 0.2) is 12.4 Å². The van der Waals surface area contributed by atoms with Crippen molar-refractivity contribution in [2.24, 2.45) is 0 Å². The second-order valence-electron chi connectivity index (χ2n) is 7.83. The maximum absolute atomic E-state index is 13.1. The Balaban J connectivity index is 1.58. The summed E-state index contributed by atoms with van der Waals surface area (Å²) in [6, 6.07) is 16.8. The maximum Gasteiger partial charge on any atom is 0.344 e. The number of carbonyl (C=O) groups excluding carboxylic acids is 4. The standard InChI is InChI=1S/C27H23NO7/c1-4-33-27(32)24-22(15(2)29)16(3)35-25(24)28-21(30)14-34-26(31)23-19-11-7-5-9-17(19)13-18-10-6-8-12-20(18)23/h5-13H,4,14H2,1-3H3,(H,28,30). The number of anilines is 1. The normalized spacial score (nSPS) is 10.8. The average Bonchev–Trinajstić information content (AvgIpc) is 3.16. The number of hydrogen-bond acceptors (Lipinski definition) is 7. The molecule has 0 aliphatic rings. The number of nitrogens with one attached hydrogen (secondary N) is 1. The first-order valence-corrected chi connectivity index (χ1v) is 11.0. The highest BCUT2D eigenvalue weighted by atomic mass is 16.5. The molecule has 0 saturated heterocycles. The number of rotatable bonds is 7. The Morgan fingerprint density at radius 2 is 1.40 bits per heavy atom. The molecule has 0 radical (unpaired) electrons. The number of amides is 1. The number of ether oxygens (including phenoxy) is 2. The van der Waals surface area contributed by atoms with E-state index in [0.717, 1.165) is 10.8 Å². The van der Waals surface area contributed by atoms with Crippen LogP contribution in [0.5, 0.6) is 0 Å². The number of furan rings is 1. The number of carbonyl (C=O) groups is 4. The van der Waals surface area contributed by atoms with Gasteiger partial charge in [-0.25, -0.2) is 9.59 Å². The van der Waals surface area contributed by atoms with E-state index in [-0.39, 0.29) is 29.4 Å². The Bertz CT molecular complexity index is 1430. The largest absolute Gasteiger partial charge is 0.462 e. The molecule has 0 saturated carbocycles. The molecule has 8 nitrogen and oxygen atoms in total. The molecule has 178 valence electrons. The summed E-state index contributed by atoms with van der Waals surface area (Å²) in [5, 5.41) is 5.55. The van der Waals surface area contributed by atoms with E-state index in [0.29, 0.717) is 16.3 Å². The highest BCUT2D eigenvalue weighted by Crippen LogP contribution is 2.30. The molecule has 35 heavy (non-hydrogen) atoms. The van der Waals surface area contributed by atoms with Crippen LogP contribution in [0.2, 0.25) is 0 Å². The molecule has 1 N–H and O–H groups in total. The van der Waals surface area contributed by atoms with Crippen molar-refractivity contribution < 1.29 is 33.1 Å². The third-order valence-corrected chi connectivity index (χ3v) is 5.48. The van der Waals surface area contributed by atoms with Crippen LogP contribution in [0, 0.1) is 6.92 Å². The molecular weight excluding hydrogens is 450 g/mol. The summed E-state index contributed by atoms with van der Waals surface area (Å²) in [5.74, 6) is -2.69. The van der Waals surface area contributed by atoms with Crippen molar-refractivity contribution in [3.05, 3.63) is 77.0 Å². The summed E-state index contributed by atoms with van der Waals surface area (Å²) in [7, 11) is 0. The van der Waals surface area contributed by atoms with Crippen molar-refractivity contribution in [2.45, 2.75) is 20.8 Å². The van der Waals surface area contributed by atoms with Gasteiger partial charge in [0.1, 0.15) is 11.3 Å². The lowest BCUT2D eigenvalue weighted by Crippen LogP contribution is -2.22. The minimum atomic E-state index is -0.802. The Kier molecular flexibility index (Phi) is 6.64. The van der Waals surface area contributed by atoms with Crippen molar-refractivity contribution in [1.82, 2.24) is 0 Å². The number of ketones is 1. The van der Waals surface area contributed by atoms with Crippen LogP contribution in [0.25, 0.3) is 21.5 Å². The summed E-state index contributed by atoms with van der Waals surface area (Å²) in [6.45, 7) is 3.84. The van der Waals surface area contributed by atoms with Gasteiger partial charge in [-0.15, -0.1) is 0 Å². The fourth-order valence-electron chi connectivity index (χ4n) is 4.05. The molecule has 0 aliphatic heterocycles. The van der Waals surface area contributed by atoms with E-state index in [2.05, 4.69) is 5.32 Å². The van der Waals surface area contributed by atoms with Crippen molar-refractivity contribution in [3.8, 4) is 0 Å². The van der Waals surface area contributed by atoms with Crippen LogP contribution >= 0.6 is 0 Å². The van der Waals surface area contributed by atoms with Crippen molar-refractivity contribution in [3.63, 3.8) is 0 Å². The molecule has 4 aromatic rings. The third-order valence-electron chi connectivity index (χ3n) is 5.48. The minimum Gasteiger partial charge on any atom is -0.462 e. The monoisotopic (exact) mass is 473 g/mol. The van der Waals surface area contributed by atoms with E-state index in [9.17, 15) is 19.2 Å². The first kappa shape index (κ1) is 23.7. The Labute approximate surface area is 200 Å². The predicted octanol–water partition coefficient (Wildman–Crippen LogP) is 5.07. The average molecular weight is 473 g/mol. The van der Waals surface area contributed by atoms with Gasteiger partial charge in [0.2, 0.25) is 5.88 Å².